The van der Waals surface area contributed by atoms with Crippen LogP contribution < -0.4 is 5.32 Å². The van der Waals surface area contributed by atoms with Gasteiger partial charge in [-0.2, -0.15) is 5.10 Å². The zero-order chi connectivity index (χ0) is 15.5. The minimum Gasteiger partial charge on any atom is -0.355 e. The Kier molecular flexibility index (Phi) is 3.74. The third-order valence-corrected chi connectivity index (χ3v) is 3.64. The van der Waals surface area contributed by atoms with Gasteiger partial charge in [0.2, 0.25) is 0 Å². The highest BCUT2D eigenvalue weighted by Gasteiger charge is 2.01. The van der Waals surface area contributed by atoms with Crippen LogP contribution in [0.15, 0.2) is 48.7 Å². The number of carbonyl (C=O) groups is 1. The smallest absolute Gasteiger partial charge is 0.251 e. The van der Waals surface area contributed by atoms with Gasteiger partial charge in [0, 0.05) is 25.0 Å². The van der Waals surface area contributed by atoms with Crippen molar-refractivity contribution in [2.24, 2.45) is 7.05 Å². The molecule has 0 unspecified atom stereocenters. The topological polar surface area (TPSA) is 46.9 Å². The average molecular weight is 291 g/mol. The van der Waals surface area contributed by atoms with Crippen LogP contribution in [0.25, 0.3) is 23.1 Å². The summed E-state index contributed by atoms with van der Waals surface area (Å²) in [4.78, 5) is 11.5. The second kappa shape index (κ2) is 5.85. The van der Waals surface area contributed by atoms with Gasteiger partial charge in [0.25, 0.3) is 5.91 Å². The van der Waals surface area contributed by atoms with Crippen molar-refractivity contribution in [1.29, 1.82) is 0 Å². The molecule has 0 saturated carbocycles. The number of nitrogens with one attached hydrogen (secondary N) is 1. The number of aryl methyl sites for hydroxylation is 1. The van der Waals surface area contributed by atoms with Crippen LogP contribution in [0.2, 0.25) is 0 Å². The quantitative estimate of drug-likeness (QED) is 0.754. The third-order valence-electron chi connectivity index (χ3n) is 3.64. The molecule has 3 rings (SSSR count). The van der Waals surface area contributed by atoms with Crippen LogP contribution in [0.1, 0.15) is 21.5 Å². The molecule has 22 heavy (non-hydrogen) atoms. The molecule has 0 bridgehead atoms. The summed E-state index contributed by atoms with van der Waals surface area (Å²) in [6.07, 6.45) is 5.95. The molecular weight excluding hydrogens is 274 g/mol. The third kappa shape index (κ3) is 2.76. The van der Waals surface area contributed by atoms with E-state index in [0.29, 0.717) is 5.56 Å². The van der Waals surface area contributed by atoms with Gasteiger partial charge in [-0.15, -0.1) is 0 Å². The highest BCUT2D eigenvalue weighted by Crippen LogP contribution is 2.17. The Bertz CT molecular complexity index is 844. The van der Waals surface area contributed by atoms with Gasteiger partial charge < -0.3 is 5.32 Å². The van der Waals surface area contributed by atoms with E-state index in [-0.39, 0.29) is 5.91 Å². The normalized spacial score (nSPS) is 11.2. The first-order chi connectivity index (χ1) is 10.7. The van der Waals surface area contributed by atoms with Crippen LogP contribution >= 0.6 is 0 Å². The van der Waals surface area contributed by atoms with Crippen LogP contribution in [0.4, 0.5) is 0 Å². The van der Waals surface area contributed by atoms with E-state index in [1.165, 1.54) is 0 Å². The number of rotatable bonds is 3. The van der Waals surface area contributed by atoms with Gasteiger partial charge >= 0.3 is 0 Å². The van der Waals surface area contributed by atoms with Crippen molar-refractivity contribution in [2.45, 2.75) is 0 Å². The molecule has 1 N–H and O–H groups in total. The molecule has 0 aliphatic rings. The summed E-state index contributed by atoms with van der Waals surface area (Å²) in [5.41, 5.74) is 3.94. The Morgan fingerprint density at radius 1 is 1.09 bits per heavy atom. The van der Waals surface area contributed by atoms with E-state index in [1.807, 2.05) is 48.3 Å². The first-order valence-electron chi connectivity index (χ1n) is 7.09. The molecule has 1 aromatic heterocycles. The summed E-state index contributed by atoms with van der Waals surface area (Å²) in [6, 6.07) is 13.8. The molecule has 1 heterocycles. The number of benzene rings is 2. The van der Waals surface area contributed by atoms with Gasteiger partial charge in [-0.05, 0) is 29.3 Å². The Morgan fingerprint density at radius 3 is 2.50 bits per heavy atom. The molecule has 0 aliphatic heterocycles. The lowest BCUT2D eigenvalue weighted by atomic mass is 10.1. The van der Waals surface area contributed by atoms with Crippen molar-refractivity contribution >= 4 is 29.0 Å². The maximum Gasteiger partial charge on any atom is 0.251 e. The highest BCUT2D eigenvalue weighted by atomic mass is 16.1. The van der Waals surface area contributed by atoms with E-state index < -0.39 is 0 Å². The minimum atomic E-state index is -0.0720. The SMILES string of the molecule is CNC(=O)c1ccc(/C=C/c2ccc3cnn(C)c3c2)cc1. The van der Waals surface area contributed by atoms with E-state index >= 15 is 0 Å². The Balaban J connectivity index is 1.82. The molecule has 0 spiro atoms. The molecule has 0 saturated heterocycles. The summed E-state index contributed by atoms with van der Waals surface area (Å²) >= 11 is 0. The van der Waals surface area contributed by atoms with Gasteiger partial charge in [0.05, 0.1) is 11.7 Å². The first-order valence-corrected chi connectivity index (χ1v) is 7.09. The van der Waals surface area contributed by atoms with E-state index in [0.717, 1.165) is 22.0 Å². The predicted octanol–water partition coefficient (Wildman–Crippen LogP) is 3.10. The number of nitrogens with zero attached hydrogens (tertiary/aromatic N) is 2. The zero-order valence-corrected chi connectivity index (χ0v) is 12.6. The van der Waals surface area contributed by atoms with E-state index in [2.05, 4.69) is 34.7 Å². The van der Waals surface area contributed by atoms with E-state index in [4.69, 9.17) is 0 Å². The van der Waals surface area contributed by atoms with Crippen molar-refractivity contribution < 1.29 is 4.79 Å². The largest absolute Gasteiger partial charge is 0.355 e. The summed E-state index contributed by atoms with van der Waals surface area (Å²) < 4.78 is 1.87. The summed E-state index contributed by atoms with van der Waals surface area (Å²) in [6.45, 7) is 0. The van der Waals surface area contributed by atoms with Gasteiger partial charge in [0.15, 0.2) is 0 Å². The fourth-order valence-corrected chi connectivity index (χ4v) is 2.35. The second-order valence-corrected chi connectivity index (χ2v) is 5.12. The predicted molar refractivity (Wildman–Crippen MR) is 89.5 cm³/mol. The highest BCUT2D eigenvalue weighted by molar-refractivity contribution is 5.94. The number of fused-ring (bicyclic) bond motifs is 1. The van der Waals surface area contributed by atoms with Crippen molar-refractivity contribution in [3.8, 4) is 0 Å². The van der Waals surface area contributed by atoms with Crippen LogP contribution in [-0.4, -0.2) is 22.7 Å². The van der Waals surface area contributed by atoms with Crippen LogP contribution in [-0.2, 0) is 7.05 Å². The van der Waals surface area contributed by atoms with Crippen LogP contribution in [0.3, 0.4) is 0 Å². The monoisotopic (exact) mass is 291 g/mol. The van der Waals surface area contributed by atoms with Gasteiger partial charge in [-0.1, -0.05) is 36.4 Å². The van der Waals surface area contributed by atoms with E-state index in [1.54, 1.807) is 7.05 Å². The zero-order valence-electron chi connectivity index (χ0n) is 12.6. The minimum absolute atomic E-state index is 0.0720. The van der Waals surface area contributed by atoms with Gasteiger partial charge in [0.1, 0.15) is 0 Å². The molecule has 0 radical (unpaired) electrons. The fourth-order valence-electron chi connectivity index (χ4n) is 2.35. The Morgan fingerprint density at radius 2 is 1.77 bits per heavy atom. The maximum atomic E-state index is 11.5. The number of carbonyl (C=O) groups excluding carboxylic acids is 1. The lowest BCUT2D eigenvalue weighted by Crippen LogP contribution is -2.17. The molecule has 3 aromatic rings. The first kappa shape index (κ1) is 14.1. The van der Waals surface area contributed by atoms with Crippen molar-refractivity contribution in [3.63, 3.8) is 0 Å². The second-order valence-electron chi connectivity index (χ2n) is 5.12. The number of aromatic nitrogens is 2. The van der Waals surface area contributed by atoms with Crippen molar-refractivity contribution in [1.82, 2.24) is 15.1 Å². The lowest BCUT2D eigenvalue weighted by molar-refractivity contribution is 0.0963. The van der Waals surface area contributed by atoms with Crippen LogP contribution in [0, 0.1) is 0 Å². The number of hydrogen-bond donors (Lipinski definition) is 1. The molecule has 1 amide bonds. The van der Waals surface area contributed by atoms with Crippen LogP contribution in [0.5, 0.6) is 0 Å². The number of amides is 1. The Labute approximate surface area is 129 Å². The standard InChI is InChI=1S/C18H17N3O/c1-19-18(22)15-8-5-13(6-9-15)3-4-14-7-10-16-12-20-21(2)17(16)11-14/h3-12H,1-2H3,(H,19,22)/b4-3+. The molecule has 110 valence electrons. The molecule has 0 atom stereocenters. The summed E-state index contributed by atoms with van der Waals surface area (Å²) in [7, 11) is 3.57. The average Bonchev–Trinajstić information content (AvgIpc) is 2.93. The molecule has 2 aromatic carbocycles. The van der Waals surface area contributed by atoms with Gasteiger partial charge in [-0.25, -0.2) is 0 Å². The Hall–Kier alpha value is -2.88. The van der Waals surface area contributed by atoms with Gasteiger partial charge in [-0.3, -0.25) is 9.48 Å². The number of hydrogen-bond acceptors (Lipinski definition) is 2. The maximum absolute atomic E-state index is 11.5. The fraction of sp³-hybridized carbons (Fsp3) is 0.111. The molecular formula is C18H17N3O. The van der Waals surface area contributed by atoms with Crippen molar-refractivity contribution in [2.75, 3.05) is 7.05 Å². The summed E-state index contributed by atoms with van der Waals surface area (Å²) in [5.74, 6) is -0.0720. The molecule has 4 heteroatoms. The molecule has 0 fully saturated rings. The summed E-state index contributed by atoms with van der Waals surface area (Å²) in [5, 5.41) is 7.99. The lowest BCUT2D eigenvalue weighted by Gasteiger charge is -2.00. The molecule has 4 nitrogen and oxygen atoms in total. The van der Waals surface area contributed by atoms with Crippen molar-refractivity contribution in [3.05, 3.63) is 65.4 Å². The molecule has 0 aliphatic carbocycles. The van der Waals surface area contributed by atoms with E-state index in [9.17, 15) is 4.79 Å².